The van der Waals surface area contributed by atoms with Gasteiger partial charge >= 0.3 is 0 Å². The number of hydrogen-bond acceptors (Lipinski definition) is 3. The van der Waals surface area contributed by atoms with Gasteiger partial charge < -0.3 is 0 Å². The summed E-state index contributed by atoms with van der Waals surface area (Å²) in [4.78, 5) is 0. The zero-order chi connectivity index (χ0) is 15.8. The van der Waals surface area contributed by atoms with Crippen LogP contribution in [0.25, 0.3) is 0 Å². The van der Waals surface area contributed by atoms with Crippen LogP contribution in [0.15, 0.2) is 59.1 Å². The van der Waals surface area contributed by atoms with Crippen LogP contribution in [0, 0.1) is 39.4 Å². The van der Waals surface area contributed by atoms with Crippen molar-refractivity contribution in [2.45, 2.75) is 11.3 Å². The van der Waals surface area contributed by atoms with Crippen LogP contribution in [0.4, 0.5) is 0 Å². The van der Waals surface area contributed by atoms with E-state index in [0.29, 0.717) is 5.56 Å². The number of nitriles is 3. The molecule has 104 valence electrons. The third-order valence-electron chi connectivity index (χ3n) is 4.37. The monoisotopic (exact) mass is 347 g/mol. The third-order valence-corrected chi connectivity index (χ3v) is 4.89. The molecule has 0 aliphatic heterocycles. The van der Waals surface area contributed by atoms with E-state index in [1.165, 1.54) is 0 Å². The molecule has 0 unspecified atom stereocenters. The van der Waals surface area contributed by atoms with Gasteiger partial charge in [-0.15, -0.1) is 0 Å². The predicted molar refractivity (Wildman–Crippen MR) is 84.3 cm³/mol. The van der Waals surface area contributed by atoms with Crippen molar-refractivity contribution in [2.24, 2.45) is 5.41 Å². The first-order valence-electron chi connectivity index (χ1n) is 6.71. The maximum Gasteiger partial charge on any atom is 0.175 e. The van der Waals surface area contributed by atoms with Crippen molar-refractivity contribution in [1.29, 1.82) is 15.8 Å². The second-order valence-electron chi connectivity index (χ2n) is 5.30. The largest absolute Gasteiger partial charge is 0.197 e. The summed E-state index contributed by atoms with van der Waals surface area (Å²) in [5, 5.41) is 29.1. The lowest BCUT2D eigenvalue weighted by Crippen LogP contribution is -2.14. The minimum atomic E-state index is -1.35. The lowest BCUT2D eigenvalue weighted by molar-refractivity contribution is 0.742. The fraction of sp³-hybridized carbons (Fsp3) is 0.167. The topological polar surface area (TPSA) is 71.4 Å². The molecular formula is C18H10BrN3. The van der Waals surface area contributed by atoms with Gasteiger partial charge in [-0.25, -0.2) is 0 Å². The minimum absolute atomic E-state index is 0.442. The molecule has 0 spiro atoms. The van der Waals surface area contributed by atoms with Crippen molar-refractivity contribution in [2.75, 3.05) is 0 Å². The highest BCUT2D eigenvalue weighted by Crippen LogP contribution is 2.73. The van der Waals surface area contributed by atoms with Crippen LogP contribution >= 0.6 is 15.9 Å². The molecule has 2 aromatic carbocycles. The highest BCUT2D eigenvalue weighted by atomic mass is 79.9. The average Bonchev–Trinajstić information content (AvgIpc) is 3.20. The van der Waals surface area contributed by atoms with Crippen molar-refractivity contribution in [1.82, 2.24) is 0 Å². The first-order valence-corrected chi connectivity index (χ1v) is 7.50. The summed E-state index contributed by atoms with van der Waals surface area (Å²) < 4.78 is 0.890. The van der Waals surface area contributed by atoms with Crippen LogP contribution < -0.4 is 0 Å². The summed E-state index contributed by atoms with van der Waals surface area (Å²) in [6, 6.07) is 23.1. The van der Waals surface area contributed by atoms with Crippen LogP contribution in [0.2, 0.25) is 0 Å². The van der Waals surface area contributed by atoms with Gasteiger partial charge in [-0.05, 0) is 23.3 Å². The quantitative estimate of drug-likeness (QED) is 0.822. The summed E-state index contributed by atoms with van der Waals surface area (Å²) in [5.41, 5.74) is -0.930. The van der Waals surface area contributed by atoms with Crippen molar-refractivity contribution >= 4 is 15.9 Å². The maximum atomic E-state index is 9.84. The standard InChI is InChI=1S/C18H10BrN3/c19-15-8-6-14(7-9-15)18(12-22)16(17(18,10-20)11-21)13-4-2-1-3-5-13/h1-9,16H/t16-,18+/m0/s1. The van der Waals surface area contributed by atoms with Gasteiger partial charge in [-0.2, -0.15) is 15.8 Å². The molecule has 3 rings (SSSR count). The Morgan fingerprint density at radius 2 is 1.41 bits per heavy atom. The molecule has 0 bridgehead atoms. The summed E-state index contributed by atoms with van der Waals surface area (Å²) >= 11 is 3.36. The Bertz CT molecular complexity index is 823. The molecular weight excluding hydrogens is 338 g/mol. The lowest BCUT2D eigenvalue weighted by Gasteiger charge is -2.09. The number of rotatable bonds is 2. The molecule has 1 aliphatic carbocycles. The van der Waals surface area contributed by atoms with Gasteiger partial charge in [0.1, 0.15) is 5.41 Å². The molecule has 0 aromatic heterocycles. The Hall–Kier alpha value is -2.61. The smallest absolute Gasteiger partial charge is 0.175 e. The Morgan fingerprint density at radius 1 is 0.818 bits per heavy atom. The molecule has 2 aromatic rings. The molecule has 0 amide bonds. The fourth-order valence-electron chi connectivity index (χ4n) is 3.28. The zero-order valence-corrected chi connectivity index (χ0v) is 13.1. The SMILES string of the molecule is N#CC1(C#N)[C@H](c2ccccc2)[C@@]1(C#N)c1ccc(Br)cc1. The number of halogens is 1. The van der Waals surface area contributed by atoms with E-state index in [2.05, 4.69) is 34.1 Å². The Morgan fingerprint density at radius 3 is 1.91 bits per heavy atom. The number of nitrogens with zero attached hydrogens (tertiary/aromatic N) is 3. The fourth-order valence-corrected chi connectivity index (χ4v) is 3.54. The van der Waals surface area contributed by atoms with E-state index in [0.717, 1.165) is 10.0 Å². The average molecular weight is 348 g/mol. The van der Waals surface area contributed by atoms with Gasteiger partial charge in [0.2, 0.25) is 0 Å². The van der Waals surface area contributed by atoms with Crippen LogP contribution in [0.5, 0.6) is 0 Å². The molecule has 0 radical (unpaired) electrons. The zero-order valence-electron chi connectivity index (χ0n) is 11.5. The maximum absolute atomic E-state index is 9.84. The van der Waals surface area contributed by atoms with Crippen molar-refractivity contribution in [3.63, 3.8) is 0 Å². The van der Waals surface area contributed by atoms with E-state index in [9.17, 15) is 15.8 Å². The van der Waals surface area contributed by atoms with E-state index in [4.69, 9.17) is 0 Å². The first kappa shape index (κ1) is 14.3. The highest BCUT2D eigenvalue weighted by Gasteiger charge is 2.81. The van der Waals surface area contributed by atoms with E-state index in [1.54, 1.807) is 12.1 Å². The van der Waals surface area contributed by atoms with Gasteiger partial charge in [0.25, 0.3) is 0 Å². The van der Waals surface area contributed by atoms with E-state index >= 15 is 0 Å². The summed E-state index contributed by atoms with van der Waals surface area (Å²) in [7, 11) is 0. The predicted octanol–water partition coefficient (Wildman–Crippen LogP) is 4.04. The molecule has 0 N–H and O–H groups in total. The molecule has 22 heavy (non-hydrogen) atoms. The molecule has 4 heteroatoms. The Labute approximate surface area is 137 Å². The summed E-state index contributed by atoms with van der Waals surface area (Å²) in [6.07, 6.45) is 0. The van der Waals surface area contributed by atoms with E-state index < -0.39 is 16.7 Å². The Kier molecular flexibility index (Phi) is 3.25. The first-order chi connectivity index (χ1) is 10.7. The van der Waals surface area contributed by atoms with Gasteiger partial charge in [-0.1, -0.05) is 58.4 Å². The molecule has 1 fully saturated rings. The second-order valence-corrected chi connectivity index (χ2v) is 6.22. The van der Waals surface area contributed by atoms with Crippen LogP contribution in [0.3, 0.4) is 0 Å². The van der Waals surface area contributed by atoms with Crippen LogP contribution in [-0.4, -0.2) is 0 Å². The van der Waals surface area contributed by atoms with Gasteiger partial charge in [0, 0.05) is 10.4 Å². The normalized spacial score (nSPS) is 24.5. The molecule has 0 saturated heterocycles. The van der Waals surface area contributed by atoms with E-state index in [-0.39, 0.29) is 0 Å². The highest BCUT2D eigenvalue weighted by molar-refractivity contribution is 9.10. The van der Waals surface area contributed by atoms with Crippen LogP contribution in [-0.2, 0) is 5.41 Å². The molecule has 1 aliphatic rings. The lowest BCUT2D eigenvalue weighted by atomic mass is 9.88. The van der Waals surface area contributed by atoms with Crippen molar-refractivity contribution < 1.29 is 0 Å². The molecule has 0 heterocycles. The van der Waals surface area contributed by atoms with Gasteiger partial charge in [0.15, 0.2) is 5.41 Å². The second kappa shape index (κ2) is 4.99. The van der Waals surface area contributed by atoms with Crippen LogP contribution in [0.1, 0.15) is 17.0 Å². The Balaban J connectivity index is 2.23. The molecule has 1 saturated carbocycles. The van der Waals surface area contributed by atoms with Gasteiger partial charge in [-0.3, -0.25) is 0 Å². The van der Waals surface area contributed by atoms with E-state index in [1.807, 2.05) is 42.5 Å². The summed E-state index contributed by atoms with van der Waals surface area (Å²) in [6.45, 7) is 0. The number of benzene rings is 2. The van der Waals surface area contributed by atoms with Crippen molar-refractivity contribution in [3.8, 4) is 18.2 Å². The van der Waals surface area contributed by atoms with Gasteiger partial charge in [0.05, 0.1) is 18.2 Å². The van der Waals surface area contributed by atoms with Crippen molar-refractivity contribution in [3.05, 3.63) is 70.2 Å². The minimum Gasteiger partial charge on any atom is -0.197 e. The molecule has 2 atom stereocenters. The molecule has 3 nitrogen and oxygen atoms in total. The number of hydrogen-bond donors (Lipinski definition) is 0. The third kappa shape index (κ3) is 1.64. The summed E-state index contributed by atoms with van der Waals surface area (Å²) in [5.74, 6) is -0.442.